The highest BCUT2D eigenvalue weighted by atomic mass is 14.6. The molecule has 0 bridgehead atoms. The van der Waals surface area contributed by atoms with Gasteiger partial charge in [-0.15, -0.1) is 0 Å². The molecule has 1 aliphatic carbocycles. The minimum atomic E-state index is 0.418. The molecule has 1 atom stereocenters. The summed E-state index contributed by atoms with van der Waals surface area (Å²) >= 11 is 0. The Kier molecular flexibility index (Phi) is 4.00. The fourth-order valence-corrected chi connectivity index (χ4v) is 2.35. The van der Waals surface area contributed by atoms with E-state index in [4.69, 9.17) is 5.73 Å². The lowest BCUT2D eigenvalue weighted by molar-refractivity contribution is 0.174. The van der Waals surface area contributed by atoms with Crippen molar-refractivity contribution in [1.82, 2.24) is 0 Å². The first kappa shape index (κ1) is 12.0. The van der Waals surface area contributed by atoms with Gasteiger partial charge in [-0.05, 0) is 49.4 Å². The van der Waals surface area contributed by atoms with Crippen LogP contribution in [0.4, 0.5) is 0 Å². The molecule has 0 amide bonds. The molecule has 0 heterocycles. The van der Waals surface area contributed by atoms with Gasteiger partial charge in [0.05, 0.1) is 0 Å². The van der Waals surface area contributed by atoms with Crippen LogP contribution in [0.5, 0.6) is 0 Å². The van der Waals surface area contributed by atoms with Crippen molar-refractivity contribution >= 4 is 0 Å². The van der Waals surface area contributed by atoms with E-state index >= 15 is 0 Å². The van der Waals surface area contributed by atoms with Gasteiger partial charge in [0.25, 0.3) is 0 Å². The van der Waals surface area contributed by atoms with E-state index < -0.39 is 0 Å². The smallest absolute Gasteiger partial charge is 0.00645 e. The normalized spacial score (nSPS) is 25.3. The highest BCUT2D eigenvalue weighted by molar-refractivity contribution is 4.81. The molecule has 1 saturated carbocycles. The summed E-state index contributed by atoms with van der Waals surface area (Å²) < 4.78 is 0. The van der Waals surface area contributed by atoms with Crippen molar-refractivity contribution in [1.29, 1.82) is 0 Å². The minimum absolute atomic E-state index is 0.418. The first-order valence-corrected chi connectivity index (χ1v) is 6.16. The van der Waals surface area contributed by atoms with Crippen LogP contribution in [0.2, 0.25) is 0 Å². The summed E-state index contributed by atoms with van der Waals surface area (Å²) in [6, 6.07) is 0.418. The Morgan fingerprint density at radius 3 is 2.14 bits per heavy atom. The van der Waals surface area contributed by atoms with Crippen molar-refractivity contribution in [3.05, 3.63) is 0 Å². The molecular weight excluding hydrogens is 170 g/mol. The molecule has 1 unspecified atom stereocenters. The van der Waals surface area contributed by atoms with Crippen LogP contribution in [0, 0.1) is 17.3 Å². The fraction of sp³-hybridized carbons (Fsp3) is 1.00. The first-order valence-electron chi connectivity index (χ1n) is 6.16. The zero-order chi connectivity index (χ0) is 10.8. The number of nitrogens with two attached hydrogens (primary N) is 1. The average Bonchev–Trinajstić information content (AvgIpc) is 2.08. The summed E-state index contributed by atoms with van der Waals surface area (Å²) in [5.41, 5.74) is 6.71. The van der Waals surface area contributed by atoms with Crippen LogP contribution in [0.1, 0.15) is 59.8 Å². The number of hydrogen-bond donors (Lipinski definition) is 1. The molecule has 84 valence electrons. The third-order valence-electron chi connectivity index (χ3n) is 3.92. The van der Waals surface area contributed by atoms with Crippen molar-refractivity contribution in [2.24, 2.45) is 23.0 Å². The third kappa shape index (κ3) is 3.61. The third-order valence-corrected chi connectivity index (χ3v) is 3.92. The second-order valence-electron chi connectivity index (χ2n) is 6.25. The molecule has 1 nitrogen and oxygen atoms in total. The summed E-state index contributed by atoms with van der Waals surface area (Å²) in [7, 11) is 0. The van der Waals surface area contributed by atoms with Gasteiger partial charge < -0.3 is 5.73 Å². The molecule has 1 heteroatoms. The van der Waals surface area contributed by atoms with E-state index in [1.54, 1.807) is 0 Å². The average molecular weight is 197 g/mol. The Hall–Kier alpha value is -0.0400. The highest BCUT2D eigenvalue weighted by Crippen LogP contribution is 2.39. The maximum Gasteiger partial charge on any atom is 0.00645 e. The van der Waals surface area contributed by atoms with E-state index in [2.05, 4.69) is 27.7 Å². The maximum absolute atomic E-state index is 6.11. The lowest BCUT2D eigenvalue weighted by Gasteiger charge is -2.35. The lowest BCUT2D eigenvalue weighted by Crippen LogP contribution is -2.31. The molecule has 0 radical (unpaired) electrons. The van der Waals surface area contributed by atoms with Crippen LogP contribution >= 0.6 is 0 Å². The summed E-state index contributed by atoms with van der Waals surface area (Å²) in [6.07, 6.45) is 6.82. The van der Waals surface area contributed by atoms with Crippen LogP contribution < -0.4 is 5.73 Å². The van der Waals surface area contributed by atoms with Crippen molar-refractivity contribution < 1.29 is 0 Å². The Bertz CT molecular complexity index is 162. The fourth-order valence-electron chi connectivity index (χ4n) is 2.35. The summed E-state index contributed by atoms with van der Waals surface area (Å²) in [5, 5.41) is 0. The molecule has 0 aliphatic heterocycles. The van der Waals surface area contributed by atoms with Gasteiger partial charge >= 0.3 is 0 Å². The van der Waals surface area contributed by atoms with E-state index in [-0.39, 0.29) is 0 Å². The molecule has 1 rings (SSSR count). The lowest BCUT2D eigenvalue weighted by atomic mass is 9.71. The quantitative estimate of drug-likeness (QED) is 0.735. The molecule has 14 heavy (non-hydrogen) atoms. The van der Waals surface area contributed by atoms with Crippen LogP contribution in [0.15, 0.2) is 0 Å². The van der Waals surface area contributed by atoms with E-state index in [9.17, 15) is 0 Å². The standard InChI is InChI=1S/C13H27N/c1-10(2)12(14)9-11-5-7-13(3,4)8-6-11/h10-12H,5-9,14H2,1-4H3. The summed E-state index contributed by atoms with van der Waals surface area (Å²) in [5.74, 6) is 1.55. The predicted molar refractivity (Wildman–Crippen MR) is 63.2 cm³/mol. The molecule has 0 aromatic rings. The van der Waals surface area contributed by atoms with Crippen LogP contribution in [-0.4, -0.2) is 6.04 Å². The van der Waals surface area contributed by atoms with E-state index in [1.165, 1.54) is 32.1 Å². The monoisotopic (exact) mass is 197 g/mol. The minimum Gasteiger partial charge on any atom is -0.327 e. The first-order chi connectivity index (χ1) is 6.41. The Morgan fingerprint density at radius 2 is 1.71 bits per heavy atom. The Labute approximate surface area is 89.5 Å². The van der Waals surface area contributed by atoms with E-state index in [1.807, 2.05) is 0 Å². The van der Waals surface area contributed by atoms with Gasteiger partial charge in [-0.1, -0.05) is 27.7 Å². The van der Waals surface area contributed by atoms with E-state index in [0.29, 0.717) is 17.4 Å². The van der Waals surface area contributed by atoms with Crippen LogP contribution in [0.3, 0.4) is 0 Å². The molecule has 0 aromatic heterocycles. The molecule has 2 N–H and O–H groups in total. The second kappa shape index (κ2) is 4.65. The molecular formula is C13H27N. The van der Waals surface area contributed by atoms with Gasteiger partial charge in [-0.2, -0.15) is 0 Å². The zero-order valence-corrected chi connectivity index (χ0v) is 10.3. The highest BCUT2D eigenvalue weighted by Gasteiger charge is 2.27. The Balaban J connectivity index is 2.29. The van der Waals surface area contributed by atoms with Gasteiger partial charge in [-0.3, -0.25) is 0 Å². The topological polar surface area (TPSA) is 26.0 Å². The van der Waals surface area contributed by atoms with E-state index in [0.717, 1.165) is 5.92 Å². The predicted octanol–water partition coefficient (Wildman–Crippen LogP) is 3.58. The summed E-state index contributed by atoms with van der Waals surface area (Å²) in [4.78, 5) is 0. The van der Waals surface area contributed by atoms with Crippen molar-refractivity contribution in [2.75, 3.05) is 0 Å². The SMILES string of the molecule is CC(C)C(N)CC1CCC(C)(C)CC1. The largest absolute Gasteiger partial charge is 0.327 e. The second-order valence-corrected chi connectivity index (χ2v) is 6.25. The number of rotatable bonds is 3. The zero-order valence-electron chi connectivity index (χ0n) is 10.3. The van der Waals surface area contributed by atoms with Crippen molar-refractivity contribution in [3.8, 4) is 0 Å². The molecule has 0 aromatic carbocycles. The van der Waals surface area contributed by atoms with Crippen LogP contribution in [-0.2, 0) is 0 Å². The van der Waals surface area contributed by atoms with Gasteiger partial charge in [0.1, 0.15) is 0 Å². The van der Waals surface area contributed by atoms with Gasteiger partial charge in [-0.25, -0.2) is 0 Å². The maximum atomic E-state index is 6.11. The molecule has 1 aliphatic rings. The van der Waals surface area contributed by atoms with Crippen molar-refractivity contribution in [2.45, 2.75) is 65.8 Å². The van der Waals surface area contributed by atoms with Gasteiger partial charge in [0.2, 0.25) is 0 Å². The van der Waals surface area contributed by atoms with Crippen LogP contribution in [0.25, 0.3) is 0 Å². The Morgan fingerprint density at radius 1 is 1.21 bits per heavy atom. The molecule has 0 spiro atoms. The number of hydrogen-bond acceptors (Lipinski definition) is 1. The van der Waals surface area contributed by atoms with Gasteiger partial charge in [0, 0.05) is 6.04 Å². The molecule has 0 saturated heterocycles. The molecule has 1 fully saturated rings. The van der Waals surface area contributed by atoms with Gasteiger partial charge in [0.15, 0.2) is 0 Å². The van der Waals surface area contributed by atoms with Crippen molar-refractivity contribution in [3.63, 3.8) is 0 Å². The summed E-state index contributed by atoms with van der Waals surface area (Å²) in [6.45, 7) is 9.26.